The molecule has 0 atom stereocenters. The number of nitrogens with one attached hydrogen (secondary N) is 3. The van der Waals surface area contributed by atoms with Gasteiger partial charge in [-0.25, -0.2) is 14.8 Å². The number of carbonyl (C=O) groups excluding carboxylic acids is 1. The van der Waals surface area contributed by atoms with Gasteiger partial charge in [0.05, 0.1) is 69.3 Å². The molecular formula is C45H66N8O11P2S2. The molecule has 374 valence electrons. The van der Waals surface area contributed by atoms with Crippen LogP contribution in [0.4, 0.5) is 10.0 Å². The molecule has 0 radical (unpaired) electrons. The number of carbonyl (C=O) groups is 2. The summed E-state index contributed by atoms with van der Waals surface area (Å²) in [5.74, 6) is -0.0934. The maximum Gasteiger partial charge on any atom is 0.349 e. The summed E-state index contributed by atoms with van der Waals surface area (Å²) in [6, 6.07) is 18.1. The Labute approximate surface area is 405 Å². The molecule has 23 heteroatoms. The number of anilines is 2. The molecule has 0 spiro atoms. The Morgan fingerprint density at radius 1 is 0.691 bits per heavy atom. The second-order valence-corrected chi connectivity index (χ2v) is 20.7. The predicted molar refractivity (Wildman–Crippen MR) is 275 cm³/mol. The quantitative estimate of drug-likeness (QED) is 0.0447. The van der Waals surface area contributed by atoms with Crippen molar-refractivity contribution in [2.45, 2.75) is 69.5 Å². The van der Waals surface area contributed by atoms with Gasteiger partial charge < -0.3 is 54.0 Å². The largest absolute Gasteiger partial charge is 0.477 e. The number of rotatable bonds is 20. The number of H-pyrrole nitrogens is 2. The number of hydrogen-bond acceptors (Lipinski definition) is 17. The first-order valence-corrected chi connectivity index (χ1v) is 26.0. The molecule has 6 N–H and O–H groups in total. The van der Waals surface area contributed by atoms with Gasteiger partial charge in [-0.3, -0.25) is 23.5 Å². The van der Waals surface area contributed by atoms with Crippen molar-refractivity contribution in [3.05, 3.63) is 114 Å². The molecule has 1 amide bonds. The molecule has 0 aliphatic rings. The Morgan fingerprint density at radius 3 is 1.50 bits per heavy atom. The first-order valence-electron chi connectivity index (χ1n) is 21.0. The molecule has 19 nitrogen and oxygen atoms in total. The number of aromatic carboxylic acids is 1. The van der Waals surface area contributed by atoms with E-state index in [0.717, 1.165) is 21.1 Å². The highest BCUT2D eigenvalue weighted by atomic mass is 32.1. The number of aryl methyl sites for hydroxylation is 2. The van der Waals surface area contributed by atoms with Crippen molar-refractivity contribution in [3.8, 4) is 0 Å². The van der Waals surface area contributed by atoms with Crippen molar-refractivity contribution >= 4 is 81.5 Å². The fourth-order valence-electron chi connectivity index (χ4n) is 6.30. The van der Waals surface area contributed by atoms with Gasteiger partial charge in [-0.05, 0) is 101 Å². The van der Waals surface area contributed by atoms with Crippen LogP contribution in [-0.4, -0.2) is 96.4 Å². The van der Waals surface area contributed by atoms with Crippen LogP contribution in [0.1, 0.15) is 84.7 Å². The highest BCUT2D eigenvalue weighted by Crippen LogP contribution is 2.47. The van der Waals surface area contributed by atoms with E-state index < -0.39 is 21.2 Å². The number of thiophene rings is 2. The van der Waals surface area contributed by atoms with Crippen LogP contribution < -0.4 is 32.0 Å². The smallest absolute Gasteiger partial charge is 0.349 e. The second kappa shape index (κ2) is 27.8. The lowest BCUT2D eigenvalue weighted by atomic mass is 10.1. The molecule has 2 aromatic carbocycles. The van der Waals surface area contributed by atoms with E-state index in [4.69, 9.17) is 28.9 Å². The van der Waals surface area contributed by atoms with E-state index in [1.54, 1.807) is 59.7 Å². The average Bonchev–Trinajstić information content (AvgIpc) is 3.97. The lowest BCUT2D eigenvalue weighted by Crippen LogP contribution is -2.25. The van der Waals surface area contributed by atoms with E-state index in [9.17, 15) is 28.3 Å². The number of fused-ring (bicyclic) bond motifs is 2. The molecule has 0 unspecified atom stereocenters. The van der Waals surface area contributed by atoms with E-state index >= 15 is 0 Å². The standard InChI is InChI=1S/C21H27N4O5PS.C16H15N3O3S.C6H16NO3P.2CH4/c1-5-29-31(28,30-6-2)13-22-21(27)18-9-10-19(32-18)25(4)12-15-7-8-17-16(11-15)20(26)24-14(3)23-17;1-9-17-12-4-3-10(7-11(12)15(20)18-9)8-19(2)14-6-5-13(23-14)16(21)22;1-3-9-11(8,6-5-7)10-4-2;;/h7-11H,5-6,12-13H2,1-4H3,(H,22,27)(H,23,24,26);3-7H,8H2,1-2H3,(H,21,22)(H,17,18,20);3-7H2,1-2H3;2*1H4. The van der Waals surface area contributed by atoms with Crippen LogP contribution in [0.25, 0.3) is 21.8 Å². The summed E-state index contributed by atoms with van der Waals surface area (Å²) in [7, 11) is -2.40. The van der Waals surface area contributed by atoms with Crippen molar-refractivity contribution in [2.24, 2.45) is 5.73 Å². The molecule has 0 aliphatic heterocycles. The van der Waals surface area contributed by atoms with Crippen LogP contribution in [0.5, 0.6) is 0 Å². The number of amides is 1. The number of nitrogens with zero attached hydrogens (tertiary/aromatic N) is 4. The van der Waals surface area contributed by atoms with E-state index in [0.29, 0.717) is 82.2 Å². The molecule has 0 saturated heterocycles. The summed E-state index contributed by atoms with van der Waals surface area (Å²) in [5, 5.41) is 14.5. The molecule has 6 rings (SSSR count). The SMILES string of the molecule is C.C.CCOP(=O)(CCN)OCC.CCOP(=O)(CNC(=O)c1ccc(N(C)Cc2ccc3nc(C)[nH]c(=O)c3c2)s1)OCC.Cc1nc2ccc(CN(C)c3ccc(C(=O)O)s3)cc2c(=O)[nH]1. The zero-order valence-electron chi connectivity index (χ0n) is 38.2. The van der Waals surface area contributed by atoms with Crippen LogP contribution in [0.3, 0.4) is 0 Å². The Hall–Kier alpha value is -5.08. The number of aromatic amines is 2. The molecule has 4 heterocycles. The van der Waals surface area contributed by atoms with E-state index in [1.165, 1.54) is 22.7 Å². The molecule has 0 saturated carbocycles. The third-order valence-corrected chi connectivity index (χ3v) is 15.5. The lowest BCUT2D eigenvalue weighted by Gasteiger charge is -2.18. The van der Waals surface area contributed by atoms with E-state index in [1.807, 2.05) is 66.4 Å². The highest BCUT2D eigenvalue weighted by Gasteiger charge is 2.25. The molecule has 4 aromatic heterocycles. The zero-order chi connectivity index (χ0) is 48.6. The molecular weight excluding hydrogens is 955 g/mol. The summed E-state index contributed by atoms with van der Waals surface area (Å²) in [6.07, 6.45) is 0.115. The van der Waals surface area contributed by atoms with Crippen LogP contribution in [-0.2, 0) is 40.3 Å². The third-order valence-electron chi connectivity index (χ3n) is 9.13. The van der Waals surface area contributed by atoms with Gasteiger partial charge in [-0.2, -0.15) is 0 Å². The number of benzene rings is 2. The minimum Gasteiger partial charge on any atom is -0.477 e. The Morgan fingerprint density at radius 2 is 1.10 bits per heavy atom. The summed E-state index contributed by atoms with van der Waals surface area (Å²) < 4.78 is 44.3. The van der Waals surface area contributed by atoms with Crippen molar-refractivity contribution in [2.75, 3.05) is 69.3 Å². The predicted octanol–water partition coefficient (Wildman–Crippen LogP) is 8.99. The van der Waals surface area contributed by atoms with Gasteiger partial charge in [0.2, 0.25) is 0 Å². The highest BCUT2D eigenvalue weighted by molar-refractivity contribution is 7.54. The summed E-state index contributed by atoms with van der Waals surface area (Å²) in [4.78, 5) is 66.5. The molecule has 68 heavy (non-hydrogen) atoms. The number of carboxylic acid groups (broad SMARTS) is 1. The minimum absolute atomic E-state index is 0. The molecule has 6 aromatic rings. The minimum atomic E-state index is -3.35. The van der Waals surface area contributed by atoms with E-state index in [2.05, 4.69) is 25.3 Å². The summed E-state index contributed by atoms with van der Waals surface area (Å²) in [6.45, 7) is 13.2. The van der Waals surface area contributed by atoms with Gasteiger partial charge in [-0.1, -0.05) is 27.0 Å². The van der Waals surface area contributed by atoms with Gasteiger partial charge in [0.1, 0.15) is 22.8 Å². The summed E-state index contributed by atoms with van der Waals surface area (Å²) >= 11 is 2.54. The fourth-order valence-corrected chi connectivity index (χ4v) is 10.8. The second-order valence-electron chi connectivity index (χ2n) is 14.4. The number of aromatic nitrogens is 4. The van der Waals surface area contributed by atoms with Crippen molar-refractivity contribution in [1.29, 1.82) is 0 Å². The van der Waals surface area contributed by atoms with Gasteiger partial charge in [-0.15, -0.1) is 22.7 Å². The molecule has 0 fully saturated rings. The third kappa shape index (κ3) is 17.2. The van der Waals surface area contributed by atoms with Crippen molar-refractivity contribution in [1.82, 2.24) is 25.3 Å². The van der Waals surface area contributed by atoms with Gasteiger partial charge in [0.25, 0.3) is 17.0 Å². The van der Waals surface area contributed by atoms with Gasteiger partial charge in [0, 0.05) is 33.7 Å². The van der Waals surface area contributed by atoms with Gasteiger partial charge >= 0.3 is 21.2 Å². The zero-order valence-corrected chi connectivity index (χ0v) is 41.7. The maximum absolute atomic E-state index is 12.5. The fraction of sp³-hybridized carbons (Fsp3) is 0.422. The monoisotopic (exact) mass is 1020 g/mol. The maximum atomic E-state index is 12.5. The Balaban J connectivity index is 0.000000385. The first-order chi connectivity index (χ1) is 31.4. The van der Waals surface area contributed by atoms with Crippen LogP contribution in [0.15, 0.2) is 70.3 Å². The number of carboxylic acids is 1. The summed E-state index contributed by atoms with van der Waals surface area (Å²) in [5.41, 5.74) is 8.16. The molecule has 0 aliphatic carbocycles. The van der Waals surface area contributed by atoms with Crippen LogP contribution in [0, 0.1) is 13.8 Å². The van der Waals surface area contributed by atoms with Crippen molar-refractivity contribution in [3.63, 3.8) is 0 Å². The Kier molecular flexibility index (Phi) is 24.1. The lowest BCUT2D eigenvalue weighted by molar-refractivity contribution is 0.0701. The topological polar surface area (TPSA) is 261 Å². The van der Waals surface area contributed by atoms with E-state index in [-0.39, 0.29) is 51.4 Å². The number of nitrogens with two attached hydrogens (primary N) is 1. The van der Waals surface area contributed by atoms with Gasteiger partial charge in [0.15, 0.2) is 0 Å². The number of hydrogen-bond donors (Lipinski definition) is 5. The van der Waals surface area contributed by atoms with Crippen molar-refractivity contribution < 1.29 is 41.9 Å². The Bertz CT molecular complexity index is 2760. The molecule has 0 bridgehead atoms. The van der Waals surface area contributed by atoms with Crippen LogP contribution in [0.2, 0.25) is 0 Å². The van der Waals surface area contributed by atoms with Crippen LogP contribution >= 0.6 is 37.9 Å². The first kappa shape index (κ1) is 59.0. The average molecular weight is 1020 g/mol. The normalized spacial score (nSPS) is 11.1.